The highest BCUT2D eigenvalue weighted by atomic mass is 19.3. The Morgan fingerprint density at radius 2 is 1.69 bits per heavy atom. The van der Waals surface area contributed by atoms with Gasteiger partial charge in [-0.3, -0.25) is 0 Å². The molecule has 0 nitrogen and oxygen atoms in total. The Bertz CT molecular complexity index is 342. The Kier molecular flexibility index (Phi) is 3.72. The van der Waals surface area contributed by atoms with E-state index in [1.54, 1.807) is 12.1 Å². The van der Waals surface area contributed by atoms with Crippen molar-refractivity contribution in [3.63, 3.8) is 0 Å². The zero-order valence-corrected chi connectivity index (χ0v) is 10.5. The second-order valence-electron chi connectivity index (χ2n) is 5.65. The lowest BCUT2D eigenvalue weighted by Crippen LogP contribution is -2.09. The van der Waals surface area contributed by atoms with Gasteiger partial charge in [-0.15, -0.1) is 0 Å². The van der Waals surface area contributed by atoms with E-state index in [-0.39, 0.29) is 11.0 Å². The van der Waals surface area contributed by atoms with Gasteiger partial charge in [0.25, 0.3) is 5.92 Å². The molecule has 0 aliphatic rings. The molecule has 0 bridgehead atoms. The molecule has 0 spiro atoms. The number of hydrogen-bond acceptors (Lipinski definition) is 0. The summed E-state index contributed by atoms with van der Waals surface area (Å²) in [5, 5.41) is 0. The molecule has 0 aromatic heterocycles. The van der Waals surface area contributed by atoms with Crippen molar-refractivity contribution < 1.29 is 8.78 Å². The lowest BCUT2D eigenvalue weighted by molar-refractivity contribution is 0.0174. The second-order valence-corrected chi connectivity index (χ2v) is 5.65. The van der Waals surface area contributed by atoms with E-state index in [4.69, 9.17) is 0 Å². The van der Waals surface area contributed by atoms with Gasteiger partial charge in [-0.1, -0.05) is 39.0 Å². The zero-order chi connectivity index (χ0) is 12.4. The summed E-state index contributed by atoms with van der Waals surface area (Å²) in [7, 11) is 0. The van der Waals surface area contributed by atoms with Crippen LogP contribution in [0.15, 0.2) is 24.3 Å². The van der Waals surface area contributed by atoms with Gasteiger partial charge in [-0.05, 0) is 29.9 Å². The average Bonchev–Trinajstić information content (AvgIpc) is 2.13. The highest BCUT2D eigenvalue weighted by Crippen LogP contribution is 2.28. The smallest absolute Gasteiger partial charge is 0.202 e. The first-order chi connectivity index (χ1) is 7.18. The third kappa shape index (κ3) is 4.30. The zero-order valence-electron chi connectivity index (χ0n) is 10.5. The van der Waals surface area contributed by atoms with Crippen molar-refractivity contribution in [2.24, 2.45) is 5.41 Å². The van der Waals surface area contributed by atoms with Gasteiger partial charge >= 0.3 is 0 Å². The summed E-state index contributed by atoms with van der Waals surface area (Å²) < 4.78 is 26.2. The van der Waals surface area contributed by atoms with Crippen LogP contribution in [0.4, 0.5) is 8.78 Å². The summed E-state index contributed by atoms with van der Waals surface area (Å²) >= 11 is 0. The molecule has 0 aliphatic heterocycles. The standard InChI is InChI=1S/C14H20F2/c1-13(2,3)9-8-11-6-5-7-12(10-11)14(4,15)16/h5-7,10H,8-9H2,1-4H3. The van der Waals surface area contributed by atoms with Gasteiger partial charge in [0.05, 0.1) is 0 Å². The molecule has 0 saturated carbocycles. The van der Waals surface area contributed by atoms with Gasteiger partial charge < -0.3 is 0 Å². The van der Waals surface area contributed by atoms with Crippen LogP contribution in [0.3, 0.4) is 0 Å². The number of hydrogen-bond donors (Lipinski definition) is 0. The van der Waals surface area contributed by atoms with Crippen LogP contribution in [0.25, 0.3) is 0 Å². The van der Waals surface area contributed by atoms with Crippen molar-refractivity contribution in [1.82, 2.24) is 0 Å². The minimum atomic E-state index is -2.74. The third-order valence-corrected chi connectivity index (χ3v) is 2.60. The molecule has 0 amide bonds. The molecule has 16 heavy (non-hydrogen) atoms. The van der Waals surface area contributed by atoms with Crippen LogP contribution in [-0.4, -0.2) is 0 Å². The van der Waals surface area contributed by atoms with Crippen molar-refractivity contribution in [1.29, 1.82) is 0 Å². The van der Waals surface area contributed by atoms with E-state index >= 15 is 0 Å². The van der Waals surface area contributed by atoms with Gasteiger partial charge in [-0.2, -0.15) is 0 Å². The van der Waals surface area contributed by atoms with Crippen molar-refractivity contribution in [2.75, 3.05) is 0 Å². The van der Waals surface area contributed by atoms with E-state index in [1.165, 1.54) is 6.07 Å². The molecular formula is C14H20F2. The van der Waals surface area contributed by atoms with E-state index in [9.17, 15) is 8.78 Å². The lowest BCUT2D eigenvalue weighted by atomic mass is 9.88. The van der Waals surface area contributed by atoms with Crippen LogP contribution >= 0.6 is 0 Å². The normalized spacial score (nSPS) is 12.9. The molecule has 1 rings (SSSR count). The molecule has 0 atom stereocenters. The molecule has 0 fully saturated rings. The number of alkyl halides is 2. The summed E-state index contributed by atoms with van der Waals surface area (Å²) in [5.74, 6) is -2.74. The Morgan fingerprint density at radius 3 is 2.19 bits per heavy atom. The lowest BCUT2D eigenvalue weighted by Gasteiger charge is -2.18. The molecule has 1 aromatic rings. The third-order valence-electron chi connectivity index (χ3n) is 2.60. The van der Waals surface area contributed by atoms with Crippen LogP contribution in [-0.2, 0) is 12.3 Å². The molecule has 0 unspecified atom stereocenters. The first kappa shape index (κ1) is 13.1. The monoisotopic (exact) mass is 226 g/mol. The number of rotatable bonds is 3. The van der Waals surface area contributed by atoms with Gasteiger partial charge in [0, 0.05) is 12.5 Å². The van der Waals surface area contributed by atoms with Gasteiger partial charge in [-0.25, -0.2) is 8.78 Å². The molecule has 0 N–H and O–H groups in total. The predicted molar refractivity (Wildman–Crippen MR) is 63.8 cm³/mol. The van der Waals surface area contributed by atoms with Crippen molar-refractivity contribution in [2.45, 2.75) is 46.5 Å². The Morgan fingerprint density at radius 1 is 1.06 bits per heavy atom. The molecule has 90 valence electrons. The topological polar surface area (TPSA) is 0 Å². The van der Waals surface area contributed by atoms with E-state index in [1.807, 2.05) is 6.07 Å². The summed E-state index contributed by atoms with van der Waals surface area (Å²) in [5.41, 5.74) is 1.35. The van der Waals surface area contributed by atoms with E-state index in [2.05, 4.69) is 20.8 Å². The number of halogens is 2. The Balaban J connectivity index is 2.76. The minimum absolute atomic E-state index is 0.110. The maximum absolute atomic E-state index is 13.1. The Hall–Kier alpha value is -0.920. The summed E-state index contributed by atoms with van der Waals surface area (Å²) in [4.78, 5) is 0. The van der Waals surface area contributed by atoms with Crippen LogP contribution < -0.4 is 0 Å². The highest BCUT2D eigenvalue weighted by Gasteiger charge is 2.24. The van der Waals surface area contributed by atoms with E-state index in [0.29, 0.717) is 0 Å². The predicted octanol–water partition coefficient (Wildman–Crippen LogP) is 4.78. The number of benzene rings is 1. The molecule has 0 saturated heterocycles. The van der Waals surface area contributed by atoms with Gasteiger partial charge in [0.15, 0.2) is 0 Å². The molecule has 0 radical (unpaired) electrons. The van der Waals surface area contributed by atoms with Crippen molar-refractivity contribution >= 4 is 0 Å². The van der Waals surface area contributed by atoms with Crippen molar-refractivity contribution in [3.05, 3.63) is 35.4 Å². The maximum atomic E-state index is 13.1. The first-order valence-electron chi connectivity index (χ1n) is 5.66. The van der Waals surface area contributed by atoms with Gasteiger partial charge in [0.1, 0.15) is 0 Å². The van der Waals surface area contributed by atoms with Crippen molar-refractivity contribution in [3.8, 4) is 0 Å². The average molecular weight is 226 g/mol. The first-order valence-corrected chi connectivity index (χ1v) is 5.66. The van der Waals surface area contributed by atoms with E-state index in [0.717, 1.165) is 25.3 Å². The summed E-state index contributed by atoms with van der Waals surface area (Å²) in [6.45, 7) is 7.41. The summed E-state index contributed by atoms with van der Waals surface area (Å²) in [6, 6.07) is 6.73. The minimum Gasteiger partial charge on any atom is -0.202 e. The molecular weight excluding hydrogens is 206 g/mol. The fourth-order valence-corrected chi connectivity index (χ4v) is 1.52. The van der Waals surface area contributed by atoms with E-state index < -0.39 is 5.92 Å². The molecule has 2 heteroatoms. The largest absolute Gasteiger partial charge is 0.270 e. The second kappa shape index (κ2) is 4.52. The fraction of sp³-hybridized carbons (Fsp3) is 0.571. The van der Waals surface area contributed by atoms with Crippen LogP contribution in [0.5, 0.6) is 0 Å². The quantitative estimate of drug-likeness (QED) is 0.696. The molecule has 0 aliphatic carbocycles. The van der Waals surface area contributed by atoms with Crippen LogP contribution in [0, 0.1) is 5.41 Å². The highest BCUT2D eigenvalue weighted by molar-refractivity contribution is 5.26. The van der Waals surface area contributed by atoms with Crippen LogP contribution in [0.2, 0.25) is 0 Å². The maximum Gasteiger partial charge on any atom is 0.270 e. The molecule has 1 aromatic carbocycles. The SMILES string of the molecule is CC(C)(C)CCc1cccc(C(C)(F)F)c1. The van der Waals surface area contributed by atoms with Crippen LogP contribution in [0.1, 0.15) is 45.2 Å². The number of aryl methyl sites for hydroxylation is 1. The fourth-order valence-electron chi connectivity index (χ4n) is 1.52. The summed E-state index contributed by atoms with van der Waals surface area (Å²) in [6.07, 6.45) is 1.86. The molecule has 0 heterocycles. The van der Waals surface area contributed by atoms with Gasteiger partial charge in [0.2, 0.25) is 0 Å². The Labute approximate surface area is 96.7 Å².